The normalized spacial score (nSPS) is 21.3. The average Bonchev–Trinajstić information content (AvgIpc) is 2.33. The zero-order chi connectivity index (χ0) is 15.0. The molecule has 0 aromatic carbocycles. The number of morpholine rings is 1. The van der Waals surface area contributed by atoms with Crippen LogP contribution in [0.5, 0.6) is 0 Å². The molecule has 1 aliphatic heterocycles. The molecule has 1 saturated heterocycles. The molecule has 4 nitrogen and oxygen atoms in total. The van der Waals surface area contributed by atoms with Gasteiger partial charge in [-0.3, -0.25) is 4.90 Å². The molecule has 0 unspecified atom stereocenters. The lowest BCUT2D eigenvalue weighted by atomic mass is 10.2. The highest BCUT2D eigenvalue weighted by atomic mass is 16.5. The van der Waals surface area contributed by atoms with E-state index in [0.29, 0.717) is 12.1 Å². The highest BCUT2D eigenvalue weighted by Crippen LogP contribution is 2.08. The third-order valence-corrected chi connectivity index (χ3v) is 3.62. The van der Waals surface area contributed by atoms with Gasteiger partial charge in [-0.1, -0.05) is 27.7 Å². The molecule has 0 aromatic rings. The van der Waals surface area contributed by atoms with E-state index in [2.05, 4.69) is 49.9 Å². The molecule has 4 heteroatoms. The maximum absolute atomic E-state index is 5.91. The van der Waals surface area contributed by atoms with Gasteiger partial charge in [-0.25, -0.2) is 0 Å². The first-order valence-corrected chi connectivity index (χ1v) is 8.23. The number of nitrogens with one attached hydrogen (secondary N) is 1. The summed E-state index contributed by atoms with van der Waals surface area (Å²) >= 11 is 0. The van der Waals surface area contributed by atoms with Crippen LogP contribution >= 0.6 is 0 Å². The van der Waals surface area contributed by atoms with Crippen LogP contribution in [0.15, 0.2) is 0 Å². The molecule has 120 valence electrons. The molecule has 20 heavy (non-hydrogen) atoms. The van der Waals surface area contributed by atoms with E-state index in [1.807, 2.05) is 0 Å². The standard InChI is InChI=1S/C16H35N3O/c1-14(2)11-18(5)12-16-13-19(9-10-20-16)8-6-7-17-15(3)4/h14-17H,6-13H2,1-5H3/t16-/m1/s1. The summed E-state index contributed by atoms with van der Waals surface area (Å²) in [5, 5.41) is 3.48. The lowest BCUT2D eigenvalue weighted by molar-refractivity contribution is -0.0415. The zero-order valence-electron chi connectivity index (χ0n) is 14.2. The Morgan fingerprint density at radius 1 is 1.30 bits per heavy atom. The van der Waals surface area contributed by atoms with Gasteiger partial charge in [-0.05, 0) is 32.5 Å². The molecule has 0 aromatic heterocycles. The summed E-state index contributed by atoms with van der Waals surface area (Å²) in [5.74, 6) is 0.724. The van der Waals surface area contributed by atoms with Gasteiger partial charge in [-0.15, -0.1) is 0 Å². The molecule has 1 aliphatic rings. The first-order valence-electron chi connectivity index (χ1n) is 8.23. The van der Waals surface area contributed by atoms with Crippen molar-refractivity contribution in [3.05, 3.63) is 0 Å². The topological polar surface area (TPSA) is 27.7 Å². The van der Waals surface area contributed by atoms with Crippen LogP contribution < -0.4 is 5.32 Å². The minimum atomic E-state index is 0.380. The molecule has 1 N–H and O–H groups in total. The highest BCUT2D eigenvalue weighted by Gasteiger charge is 2.21. The third-order valence-electron chi connectivity index (χ3n) is 3.62. The van der Waals surface area contributed by atoms with E-state index in [0.717, 1.165) is 45.2 Å². The van der Waals surface area contributed by atoms with E-state index in [-0.39, 0.29) is 0 Å². The predicted octanol–water partition coefficient (Wildman–Crippen LogP) is 1.66. The highest BCUT2D eigenvalue weighted by molar-refractivity contribution is 4.74. The Hall–Kier alpha value is -0.160. The van der Waals surface area contributed by atoms with Gasteiger partial charge in [0.2, 0.25) is 0 Å². The van der Waals surface area contributed by atoms with Crippen molar-refractivity contribution in [1.82, 2.24) is 15.1 Å². The summed E-state index contributed by atoms with van der Waals surface area (Å²) in [7, 11) is 2.20. The van der Waals surface area contributed by atoms with Crippen molar-refractivity contribution in [2.24, 2.45) is 5.92 Å². The molecular weight excluding hydrogens is 250 g/mol. The Bertz CT molecular complexity index is 246. The van der Waals surface area contributed by atoms with Crippen LogP contribution in [-0.4, -0.2) is 74.9 Å². The van der Waals surface area contributed by atoms with Crippen molar-refractivity contribution in [3.63, 3.8) is 0 Å². The Morgan fingerprint density at radius 2 is 2.05 bits per heavy atom. The summed E-state index contributed by atoms with van der Waals surface area (Å²) in [4.78, 5) is 4.96. The van der Waals surface area contributed by atoms with Crippen LogP contribution in [0.25, 0.3) is 0 Å². The summed E-state index contributed by atoms with van der Waals surface area (Å²) in [6.45, 7) is 16.5. The Kier molecular flexibility index (Phi) is 8.69. The largest absolute Gasteiger partial charge is 0.374 e. The van der Waals surface area contributed by atoms with Gasteiger partial charge in [0.25, 0.3) is 0 Å². The van der Waals surface area contributed by atoms with Crippen LogP contribution in [-0.2, 0) is 4.74 Å². The van der Waals surface area contributed by atoms with Crippen molar-refractivity contribution in [2.75, 3.05) is 52.9 Å². The number of hydrogen-bond donors (Lipinski definition) is 1. The van der Waals surface area contributed by atoms with E-state index in [1.54, 1.807) is 0 Å². The minimum absolute atomic E-state index is 0.380. The van der Waals surface area contributed by atoms with E-state index >= 15 is 0 Å². The quantitative estimate of drug-likeness (QED) is 0.652. The number of hydrogen-bond acceptors (Lipinski definition) is 4. The number of nitrogens with zero attached hydrogens (tertiary/aromatic N) is 2. The molecule has 1 fully saturated rings. The van der Waals surface area contributed by atoms with Crippen molar-refractivity contribution in [2.45, 2.75) is 46.3 Å². The van der Waals surface area contributed by atoms with Gasteiger partial charge in [0.05, 0.1) is 12.7 Å². The Morgan fingerprint density at radius 3 is 2.70 bits per heavy atom. The van der Waals surface area contributed by atoms with Gasteiger partial charge in [0.15, 0.2) is 0 Å². The van der Waals surface area contributed by atoms with Crippen LogP contribution in [0, 0.1) is 5.92 Å². The fraction of sp³-hybridized carbons (Fsp3) is 1.00. The number of rotatable bonds is 9. The van der Waals surface area contributed by atoms with Gasteiger partial charge in [0.1, 0.15) is 0 Å². The van der Waals surface area contributed by atoms with Gasteiger partial charge in [-0.2, -0.15) is 0 Å². The third kappa shape index (κ3) is 8.20. The summed E-state index contributed by atoms with van der Waals surface area (Å²) in [6.07, 6.45) is 1.61. The second kappa shape index (κ2) is 9.72. The summed E-state index contributed by atoms with van der Waals surface area (Å²) in [5.41, 5.74) is 0. The number of likely N-dealkylation sites (N-methyl/N-ethyl adjacent to an activating group) is 1. The van der Waals surface area contributed by atoms with Crippen molar-refractivity contribution in [3.8, 4) is 0 Å². The lowest BCUT2D eigenvalue weighted by Crippen LogP contribution is -2.47. The van der Waals surface area contributed by atoms with Crippen molar-refractivity contribution < 1.29 is 4.74 Å². The zero-order valence-corrected chi connectivity index (χ0v) is 14.2. The van der Waals surface area contributed by atoms with Crippen LogP contribution in [0.3, 0.4) is 0 Å². The van der Waals surface area contributed by atoms with E-state index < -0.39 is 0 Å². The average molecular weight is 285 g/mol. The second-order valence-electron chi connectivity index (χ2n) is 6.87. The van der Waals surface area contributed by atoms with E-state index in [9.17, 15) is 0 Å². The van der Waals surface area contributed by atoms with E-state index in [4.69, 9.17) is 4.74 Å². The summed E-state index contributed by atoms with van der Waals surface area (Å²) < 4.78 is 5.91. The molecule has 0 aliphatic carbocycles. The molecule has 0 radical (unpaired) electrons. The van der Waals surface area contributed by atoms with Crippen LogP contribution in [0.1, 0.15) is 34.1 Å². The number of ether oxygens (including phenoxy) is 1. The molecule has 0 amide bonds. The molecule has 1 rings (SSSR count). The Balaban J connectivity index is 2.18. The smallest absolute Gasteiger partial charge is 0.0829 e. The molecule has 0 spiro atoms. The van der Waals surface area contributed by atoms with Crippen molar-refractivity contribution >= 4 is 0 Å². The van der Waals surface area contributed by atoms with Gasteiger partial charge in [0, 0.05) is 32.2 Å². The molecule has 1 heterocycles. The fourth-order valence-corrected chi connectivity index (χ4v) is 2.83. The van der Waals surface area contributed by atoms with Crippen molar-refractivity contribution in [1.29, 1.82) is 0 Å². The van der Waals surface area contributed by atoms with Gasteiger partial charge < -0.3 is 15.0 Å². The summed E-state index contributed by atoms with van der Waals surface area (Å²) in [6, 6.07) is 0.595. The molecule has 0 saturated carbocycles. The fourth-order valence-electron chi connectivity index (χ4n) is 2.83. The van der Waals surface area contributed by atoms with E-state index in [1.165, 1.54) is 13.0 Å². The predicted molar refractivity (Wildman–Crippen MR) is 86.3 cm³/mol. The SMILES string of the molecule is CC(C)CN(C)C[C@@H]1CN(CCCNC(C)C)CCO1. The maximum Gasteiger partial charge on any atom is 0.0829 e. The first-order chi connectivity index (χ1) is 9.47. The van der Waals surface area contributed by atoms with Gasteiger partial charge >= 0.3 is 0 Å². The van der Waals surface area contributed by atoms with Crippen LogP contribution in [0.2, 0.25) is 0 Å². The molecule has 0 bridgehead atoms. The second-order valence-corrected chi connectivity index (χ2v) is 6.87. The van der Waals surface area contributed by atoms with Crippen LogP contribution in [0.4, 0.5) is 0 Å². The first kappa shape index (κ1) is 17.9. The Labute approximate surface area is 125 Å². The maximum atomic E-state index is 5.91. The lowest BCUT2D eigenvalue weighted by Gasteiger charge is -2.35. The molecule has 1 atom stereocenters. The monoisotopic (exact) mass is 285 g/mol. The minimum Gasteiger partial charge on any atom is -0.374 e. The molecular formula is C16H35N3O.